The summed E-state index contributed by atoms with van der Waals surface area (Å²) < 4.78 is 12.9. The van der Waals surface area contributed by atoms with Gasteiger partial charge in [-0.2, -0.15) is 0 Å². The van der Waals surface area contributed by atoms with Crippen LogP contribution in [-0.2, 0) is 4.79 Å². The van der Waals surface area contributed by atoms with Gasteiger partial charge in [-0.1, -0.05) is 41.9 Å². The Kier molecular flexibility index (Phi) is 5.32. The van der Waals surface area contributed by atoms with Crippen LogP contribution in [0.1, 0.15) is 32.4 Å². The molecule has 18 heavy (non-hydrogen) atoms. The number of halogens is 2. The van der Waals surface area contributed by atoms with Crippen LogP contribution in [0.15, 0.2) is 24.3 Å². The van der Waals surface area contributed by atoms with Gasteiger partial charge in [0.05, 0.1) is 10.9 Å². The van der Waals surface area contributed by atoms with Crippen LogP contribution in [0.2, 0.25) is 0 Å². The summed E-state index contributed by atoms with van der Waals surface area (Å²) in [6.45, 7) is 5.92. The Hall–Kier alpha value is -0.900. The second kappa shape index (κ2) is 6.32. The van der Waals surface area contributed by atoms with Crippen molar-refractivity contribution in [3.05, 3.63) is 35.6 Å². The minimum atomic E-state index is -0.263. The van der Waals surface area contributed by atoms with Gasteiger partial charge < -0.3 is 4.90 Å². The lowest BCUT2D eigenvalue weighted by Gasteiger charge is -2.28. The molecule has 0 N–H and O–H groups in total. The molecule has 1 aromatic rings. The minimum absolute atomic E-state index is 0.0434. The maximum atomic E-state index is 12.9. The van der Waals surface area contributed by atoms with Crippen LogP contribution in [0.25, 0.3) is 0 Å². The molecule has 2 unspecified atom stereocenters. The van der Waals surface area contributed by atoms with Crippen molar-refractivity contribution >= 4 is 21.8 Å². The van der Waals surface area contributed by atoms with Crippen LogP contribution in [-0.4, -0.2) is 22.7 Å². The molecule has 2 nitrogen and oxygen atoms in total. The third-order valence-electron chi connectivity index (χ3n) is 3.10. The molecule has 0 fully saturated rings. The number of nitrogens with zero attached hydrogens (tertiary/aromatic N) is 1. The van der Waals surface area contributed by atoms with Crippen LogP contribution in [0, 0.1) is 11.7 Å². The van der Waals surface area contributed by atoms with Crippen molar-refractivity contribution in [1.82, 2.24) is 4.90 Å². The van der Waals surface area contributed by atoms with E-state index in [2.05, 4.69) is 15.9 Å². The lowest BCUT2D eigenvalue weighted by Crippen LogP contribution is -2.37. The van der Waals surface area contributed by atoms with Crippen molar-refractivity contribution in [2.75, 3.05) is 7.05 Å². The Labute approximate surface area is 116 Å². The van der Waals surface area contributed by atoms with Gasteiger partial charge in [-0.15, -0.1) is 0 Å². The molecule has 0 bridgehead atoms. The molecule has 0 aliphatic heterocycles. The van der Waals surface area contributed by atoms with E-state index in [1.165, 1.54) is 12.1 Å². The van der Waals surface area contributed by atoms with Gasteiger partial charge in [0.1, 0.15) is 5.82 Å². The number of alkyl halides is 1. The molecule has 0 spiro atoms. The zero-order chi connectivity index (χ0) is 13.9. The van der Waals surface area contributed by atoms with Crippen molar-refractivity contribution in [3.63, 3.8) is 0 Å². The molecule has 0 aliphatic rings. The summed E-state index contributed by atoms with van der Waals surface area (Å²) in [5, 5.41) is 0. The Bertz CT molecular complexity index is 405. The molecule has 1 aromatic carbocycles. The number of rotatable bonds is 4. The molecular formula is C14H19BrFNO. The van der Waals surface area contributed by atoms with Gasteiger partial charge in [0.25, 0.3) is 0 Å². The molecule has 0 aliphatic carbocycles. The summed E-state index contributed by atoms with van der Waals surface area (Å²) >= 11 is 3.41. The van der Waals surface area contributed by atoms with Gasteiger partial charge in [0, 0.05) is 7.05 Å². The second-order valence-corrected chi connectivity index (χ2v) is 5.81. The van der Waals surface area contributed by atoms with E-state index in [-0.39, 0.29) is 28.5 Å². The topological polar surface area (TPSA) is 20.3 Å². The van der Waals surface area contributed by atoms with E-state index < -0.39 is 0 Å². The number of hydrogen-bond acceptors (Lipinski definition) is 1. The fourth-order valence-electron chi connectivity index (χ4n) is 1.64. The zero-order valence-corrected chi connectivity index (χ0v) is 12.7. The van der Waals surface area contributed by atoms with Crippen LogP contribution in [0.5, 0.6) is 0 Å². The largest absolute Gasteiger partial charge is 0.338 e. The molecule has 0 radical (unpaired) electrons. The molecule has 0 aromatic heterocycles. The first-order valence-corrected chi connectivity index (χ1v) is 6.92. The minimum Gasteiger partial charge on any atom is -0.338 e. The van der Waals surface area contributed by atoms with E-state index in [1.807, 2.05) is 20.8 Å². The van der Waals surface area contributed by atoms with E-state index in [1.54, 1.807) is 24.1 Å². The molecule has 2 atom stereocenters. The Morgan fingerprint density at radius 1 is 1.22 bits per heavy atom. The summed E-state index contributed by atoms with van der Waals surface area (Å²) in [6, 6.07) is 6.18. The summed E-state index contributed by atoms with van der Waals surface area (Å²) in [5.41, 5.74) is 0.927. The van der Waals surface area contributed by atoms with Crippen molar-refractivity contribution in [3.8, 4) is 0 Å². The number of benzene rings is 1. The van der Waals surface area contributed by atoms with Gasteiger partial charge in [-0.05, 0) is 30.5 Å². The summed E-state index contributed by atoms with van der Waals surface area (Å²) in [4.78, 5) is 13.7. The lowest BCUT2D eigenvalue weighted by atomic mass is 10.1. The molecule has 0 heterocycles. The monoisotopic (exact) mass is 315 g/mol. The average Bonchev–Trinajstić information content (AvgIpc) is 2.36. The fraction of sp³-hybridized carbons (Fsp3) is 0.500. The van der Waals surface area contributed by atoms with Crippen LogP contribution >= 0.6 is 15.9 Å². The van der Waals surface area contributed by atoms with Gasteiger partial charge in [-0.25, -0.2) is 4.39 Å². The summed E-state index contributed by atoms with van der Waals surface area (Å²) in [5.74, 6) is 0.0164. The third-order valence-corrected chi connectivity index (χ3v) is 4.55. The van der Waals surface area contributed by atoms with Gasteiger partial charge in [-0.3, -0.25) is 4.79 Å². The van der Waals surface area contributed by atoms with Gasteiger partial charge >= 0.3 is 0 Å². The van der Waals surface area contributed by atoms with Gasteiger partial charge in [0.2, 0.25) is 5.91 Å². The van der Waals surface area contributed by atoms with Crippen LogP contribution < -0.4 is 0 Å². The second-order valence-electron chi connectivity index (χ2n) is 4.82. The predicted octanol–water partition coefficient (Wildman–Crippen LogP) is 3.76. The molecular weight excluding hydrogens is 297 g/mol. The van der Waals surface area contributed by atoms with Crippen LogP contribution in [0.3, 0.4) is 0 Å². The zero-order valence-electron chi connectivity index (χ0n) is 11.2. The van der Waals surface area contributed by atoms with Crippen molar-refractivity contribution < 1.29 is 9.18 Å². The predicted molar refractivity (Wildman–Crippen MR) is 75.1 cm³/mol. The summed E-state index contributed by atoms with van der Waals surface area (Å²) in [7, 11) is 1.77. The number of hydrogen-bond donors (Lipinski definition) is 0. The highest BCUT2D eigenvalue weighted by atomic mass is 79.9. The maximum absolute atomic E-state index is 12.9. The van der Waals surface area contributed by atoms with Crippen molar-refractivity contribution in [1.29, 1.82) is 0 Å². The normalized spacial score (nSPS) is 14.4. The number of carbonyl (C=O) groups is 1. The lowest BCUT2D eigenvalue weighted by molar-refractivity contribution is -0.131. The smallest absolute Gasteiger partial charge is 0.236 e. The summed E-state index contributed by atoms with van der Waals surface area (Å²) in [6.07, 6.45) is 0. The molecule has 1 rings (SSSR count). The molecule has 4 heteroatoms. The first-order valence-electron chi connectivity index (χ1n) is 6.00. The molecule has 1 amide bonds. The number of carbonyl (C=O) groups excluding carboxylic acids is 1. The molecule has 100 valence electrons. The van der Waals surface area contributed by atoms with Crippen molar-refractivity contribution in [2.24, 2.45) is 5.92 Å². The number of amides is 1. The fourth-order valence-corrected chi connectivity index (χ4v) is 1.96. The highest BCUT2D eigenvalue weighted by molar-refractivity contribution is 9.10. The first-order chi connectivity index (χ1) is 8.34. The first kappa shape index (κ1) is 15.2. The van der Waals surface area contributed by atoms with Crippen molar-refractivity contribution in [2.45, 2.75) is 31.6 Å². The van der Waals surface area contributed by atoms with E-state index in [0.29, 0.717) is 0 Å². The highest BCUT2D eigenvalue weighted by Crippen LogP contribution is 2.23. The Balaban J connectivity index is 2.80. The Morgan fingerprint density at radius 3 is 2.17 bits per heavy atom. The van der Waals surface area contributed by atoms with Gasteiger partial charge in [0.15, 0.2) is 0 Å². The third kappa shape index (κ3) is 3.55. The highest BCUT2D eigenvalue weighted by Gasteiger charge is 2.25. The quantitative estimate of drug-likeness (QED) is 0.775. The van der Waals surface area contributed by atoms with E-state index in [4.69, 9.17) is 0 Å². The Morgan fingerprint density at radius 2 is 1.72 bits per heavy atom. The molecule has 0 saturated heterocycles. The van der Waals surface area contributed by atoms with E-state index >= 15 is 0 Å². The maximum Gasteiger partial charge on any atom is 0.236 e. The van der Waals surface area contributed by atoms with Crippen LogP contribution in [0.4, 0.5) is 4.39 Å². The average molecular weight is 316 g/mol. The standard InChI is InChI=1S/C14H19BrFNO/c1-9(2)13(15)14(18)17(4)10(3)11-5-7-12(16)8-6-11/h5-10,13H,1-4H3. The molecule has 0 saturated carbocycles. The van der Waals surface area contributed by atoms with E-state index in [9.17, 15) is 9.18 Å². The SMILES string of the molecule is CC(C)C(Br)C(=O)N(C)C(C)c1ccc(F)cc1. The van der Waals surface area contributed by atoms with E-state index in [0.717, 1.165) is 5.56 Å².